The number of pyridine rings is 1. The van der Waals surface area contributed by atoms with Crippen molar-refractivity contribution in [2.24, 2.45) is 0 Å². The largest absolute Gasteiger partial charge is 0.454 e. The van der Waals surface area contributed by atoms with Crippen LogP contribution in [0.5, 0.6) is 0 Å². The SMILES string of the molecule is O=C(NC(c1ccc(Cl)cc1)c1cccnc1)c1ccc(Cn2ccnc2)o1. The van der Waals surface area contributed by atoms with Gasteiger partial charge in [0.2, 0.25) is 0 Å². The van der Waals surface area contributed by atoms with Crippen LogP contribution in [0.2, 0.25) is 5.02 Å². The lowest BCUT2D eigenvalue weighted by molar-refractivity contribution is 0.0913. The van der Waals surface area contributed by atoms with Gasteiger partial charge in [0.25, 0.3) is 5.91 Å². The first-order valence-electron chi connectivity index (χ1n) is 8.70. The zero-order chi connectivity index (χ0) is 19.3. The summed E-state index contributed by atoms with van der Waals surface area (Å²) in [5, 5.41) is 3.66. The molecular weight excluding hydrogens is 376 g/mol. The molecule has 6 nitrogen and oxygen atoms in total. The highest BCUT2D eigenvalue weighted by molar-refractivity contribution is 6.30. The standard InChI is InChI=1S/C21H17ClN4O2/c22-17-5-3-15(4-6-17)20(16-2-1-9-23-12-16)25-21(27)19-8-7-18(28-19)13-26-11-10-24-14-26/h1-12,14,20H,13H2,(H,25,27). The summed E-state index contributed by atoms with van der Waals surface area (Å²) >= 11 is 6.00. The van der Waals surface area contributed by atoms with Gasteiger partial charge in [-0.2, -0.15) is 0 Å². The molecule has 0 saturated heterocycles. The molecule has 4 aromatic rings. The van der Waals surface area contributed by atoms with Crippen LogP contribution in [-0.4, -0.2) is 20.4 Å². The van der Waals surface area contributed by atoms with Gasteiger partial charge in [0, 0.05) is 29.8 Å². The van der Waals surface area contributed by atoms with E-state index in [0.717, 1.165) is 11.1 Å². The Bertz CT molecular complexity index is 1040. The normalized spacial score (nSPS) is 11.9. The van der Waals surface area contributed by atoms with Gasteiger partial charge in [-0.25, -0.2) is 4.98 Å². The highest BCUT2D eigenvalue weighted by Crippen LogP contribution is 2.24. The summed E-state index contributed by atoms with van der Waals surface area (Å²) in [7, 11) is 0. The molecule has 0 aliphatic rings. The zero-order valence-electron chi connectivity index (χ0n) is 14.8. The van der Waals surface area contributed by atoms with Gasteiger partial charge in [0.15, 0.2) is 5.76 Å². The smallest absolute Gasteiger partial charge is 0.287 e. The van der Waals surface area contributed by atoms with Crippen molar-refractivity contribution < 1.29 is 9.21 Å². The molecule has 1 atom stereocenters. The van der Waals surface area contributed by atoms with Crippen LogP contribution in [-0.2, 0) is 6.54 Å². The Morgan fingerprint density at radius 2 is 1.93 bits per heavy atom. The summed E-state index contributed by atoms with van der Waals surface area (Å²) in [4.78, 5) is 21.0. The number of rotatable bonds is 6. The van der Waals surface area contributed by atoms with Crippen LogP contribution in [0.15, 0.2) is 84.1 Å². The molecule has 3 aromatic heterocycles. The van der Waals surface area contributed by atoms with Crippen LogP contribution in [0.1, 0.15) is 33.5 Å². The van der Waals surface area contributed by atoms with Crippen molar-refractivity contribution in [3.63, 3.8) is 0 Å². The molecule has 3 heterocycles. The Labute approximate surface area is 166 Å². The number of hydrogen-bond donors (Lipinski definition) is 1. The van der Waals surface area contributed by atoms with Crippen LogP contribution in [0.25, 0.3) is 0 Å². The topological polar surface area (TPSA) is 73.0 Å². The lowest BCUT2D eigenvalue weighted by Crippen LogP contribution is -2.29. The number of imidazole rings is 1. The summed E-state index contributed by atoms with van der Waals surface area (Å²) in [6.45, 7) is 0.510. The van der Waals surface area contributed by atoms with Gasteiger partial charge in [-0.05, 0) is 41.5 Å². The molecule has 0 radical (unpaired) electrons. The highest BCUT2D eigenvalue weighted by Gasteiger charge is 2.20. The molecule has 1 amide bonds. The maximum atomic E-state index is 12.8. The van der Waals surface area contributed by atoms with Crippen LogP contribution >= 0.6 is 11.6 Å². The molecule has 0 fully saturated rings. The summed E-state index contributed by atoms with van der Waals surface area (Å²) in [5.41, 5.74) is 1.76. The first kappa shape index (κ1) is 18.0. The minimum atomic E-state index is -0.374. The number of nitrogens with one attached hydrogen (secondary N) is 1. The number of nitrogens with zero attached hydrogens (tertiary/aromatic N) is 3. The Hall–Kier alpha value is -3.38. The molecule has 0 aliphatic carbocycles. The predicted molar refractivity (Wildman–Crippen MR) is 105 cm³/mol. The fourth-order valence-corrected chi connectivity index (χ4v) is 3.03. The second-order valence-electron chi connectivity index (χ2n) is 6.25. The zero-order valence-corrected chi connectivity index (χ0v) is 15.6. The second kappa shape index (κ2) is 8.10. The van der Waals surface area contributed by atoms with E-state index in [1.54, 1.807) is 49.2 Å². The van der Waals surface area contributed by atoms with Gasteiger partial charge in [-0.1, -0.05) is 29.8 Å². The number of aromatic nitrogens is 3. The van der Waals surface area contributed by atoms with Crippen molar-refractivity contribution in [1.29, 1.82) is 0 Å². The molecular formula is C21H17ClN4O2. The molecule has 1 N–H and O–H groups in total. The van der Waals surface area contributed by atoms with E-state index in [9.17, 15) is 4.79 Å². The third-order valence-corrected chi connectivity index (χ3v) is 4.53. The van der Waals surface area contributed by atoms with E-state index in [4.69, 9.17) is 16.0 Å². The lowest BCUT2D eigenvalue weighted by atomic mass is 10.00. The number of amides is 1. The average molecular weight is 393 g/mol. The lowest BCUT2D eigenvalue weighted by Gasteiger charge is -2.19. The summed E-state index contributed by atoms with van der Waals surface area (Å²) in [6.07, 6.45) is 8.65. The third-order valence-electron chi connectivity index (χ3n) is 4.28. The molecule has 4 rings (SSSR count). The number of furan rings is 1. The van der Waals surface area contributed by atoms with E-state index in [0.29, 0.717) is 17.3 Å². The minimum absolute atomic E-state index is 0.248. The fourth-order valence-electron chi connectivity index (χ4n) is 2.91. The number of carbonyl (C=O) groups excluding carboxylic acids is 1. The Morgan fingerprint density at radius 1 is 1.07 bits per heavy atom. The van der Waals surface area contributed by atoms with Gasteiger partial charge < -0.3 is 14.3 Å². The molecule has 1 unspecified atom stereocenters. The molecule has 0 saturated carbocycles. The molecule has 1 aromatic carbocycles. The van der Waals surface area contributed by atoms with Crippen molar-refractivity contribution >= 4 is 17.5 Å². The van der Waals surface area contributed by atoms with E-state index in [1.807, 2.05) is 35.0 Å². The van der Waals surface area contributed by atoms with E-state index < -0.39 is 0 Å². The van der Waals surface area contributed by atoms with Crippen molar-refractivity contribution in [2.75, 3.05) is 0 Å². The van der Waals surface area contributed by atoms with Crippen molar-refractivity contribution in [1.82, 2.24) is 19.9 Å². The predicted octanol–water partition coefficient (Wildman–Crippen LogP) is 4.09. The van der Waals surface area contributed by atoms with Gasteiger partial charge in [-0.15, -0.1) is 0 Å². The number of halogens is 1. The Kier molecular flexibility index (Phi) is 5.21. The van der Waals surface area contributed by atoms with Gasteiger partial charge in [-0.3, -0.25) is 9.78 Å². The van der Waals surface area contributed by atoms with E-state index in [-0.39, 0.29) is 17.7 Å². The first-order chi connectivity index (χ1) is 13.7. The highest BCUT2D eigenvalue weighted by atomic mass is 35.5. The monoisotopic (exact) mass is 392 g/mol. The molecule has 0 spiro atoms. The molecule has 7 heteroatoms. The Morgan fingerprint density at radius 3 is 2.64 bits per heavy atom. The van der Waals surface area contributed by atoms with Crippen LogP contribution in [0, 0.1) is 0 Å². The molecule has 28 heavy (non-hydrogen) atoms. The second-order valence-corrected chi connectivity index (χ2v) is 6.68. The number of carbonyl (C=O) groups is 1. The molecule has 0 aliphatic heterocycles. The quantitative estimate of drug-likeness (QED) is 0.536. The maximum absolute atomic E-state index is 12.8. The Balaban J connectivity index is 1.55. The van der Waals surface area contributed by atoms with E-state index in [2.05, 4.69) is 15.3 Å². The van der Waals surface area contributed by atoms with Crippen LogP contribution < -0.4 is 5.32 Å². The minimum Gasteiger partial charge on any atom is -0.454 e. The van der Waals surface area contributed by atoms with Gasteiger partial charge >= 0.3 is 0 Å². The van der Waals surface area contributed by atoms with E-state index >= 15 is 0 Å². The average Bonchev–Trinajstić information content (AvgIpc) is 3.40. The summed E-state index contributed by atoms with van der Waals surface area (Å²) < 4.78 is 7.58. The first-order valence-corrected chi connectivity index (χ1v) is 9.07. The fraction of sp³-hybridized carbons (Fsp3) is 0.0952. The third kappa shape index (κ3) is 4.13. The van der Waals surface area contributed by atoms with Crippen molar-refractivity contribution in [2.45, 2.75) is 12.6 Å². The van der Waals surface area contributed by atoms with Gasteiger partial charge in [0.05, 0.1) is 18.9 Å². The van der Waals surface area contributed by atoms with Crippen molar-refractivity contribution in [3.05, 3.63) is 107 Å². The summed E-state index contributed by atoms with van der Waals surface area (Å²) in [6, 6.07) is 14.2. The maximum Gasteiger partial charge on any atom is 0.287 e. The van der Waals surface area contributed by atoms with E-state index in [1.165, 1.54) is 0 Å². The number of benzene rings is 1. The number of hydrogen-bond acceptors (Lipinski definition) is 4. The van der Waals surface area contributed by atoms with Crippen molar-refractivity contribution in [3.8, 4) is 0 Å². The summed E-state index contributed by atoms with van der Waals surface area (Å²) in [5.74, 6) is 0.617. The van der Waals surface area contributed by atoms with Crippen LogP contribution in [0.3, 0.4) is 0 Å². The van der Waals surface area contributed by atoms with Gasteiger partial charge in [0.1, 0.15) is 5.76 Å². The molecule has 0 bridgehead atoms. The molecule has 140 valence electrons. The van der Waals surface area contributed by atoms with Crippen LogP contribution in [0.4, 0.5) is 0 Å².